The van der Waals surface area contributed by atoms with E-state index in [0.29, 0.717) is 13.0 Å². The SMILES string of the molecule is CC(C)C1=NN(CCS(C)(=O)=O)C(=O)C1CCCN. The fraction of sp³-hybridized carbons (Fsp3) is 0.833. The summed E-state index contributed by atoms with van der Waals surface area (Å²) in [5.41, 5.74) is 6.32. The molecule has 0 aromatic heterocycles. The minimum absolute atomic E-state index is 0.0583. The Morgan fingerprint density at radius 2 is 2.05 bits per heavy atom. The van der Waals surface area contributed by atoms with E-state index in [0.717, 1.165) is 18.4 Å². The zero-order chi connectivity index (χ0) is 14.6. The number of carbonyl (C=O) groups excluding carboxylic acids is 1. The van der Waals surface area contributed by atoms with Crippen LogP contribution in [0.25, 0.3) is 0 Å². The number of carbonyl (C=O) groups is 1. The van der Waals surface area contributed by atoms with Crippen molar-refractivity contribution in [1.29, 1.82) is 0 Å². The molecule has 1 aliphatic heterocycles. The zero-order valence-electron chi connectivity index (χ0n) is 11.8. The third-order valence-corrected chi connectivity index (χ3v) is 4.03. The lowest BCUT2D eigenvalue weighted by molar-refractivity contribution is -0.131. The van der Waals surface area contributed by atoms with E-state index in [4.69, 9.17) is 5.73 Å². The third-order valence-electron chi connectivity index (χ3n) is 3.11. The van der Waals surface area contributed by atoms with Crippen LogP contribution in [0.3, 0.4) is 0 Å². The lowest BCUT2D eigenvalue weighted by Gasteiger charge is -2.14. The molecule has 0 bridgehead atoms. The molecule has 0 aromatic rings. The highest BCUT2D eigenvalue weighted by atomic mass is 32.2. The first-order valence-corrected chi connectivity index (χ1v) is 8.60. The van der Waals surface area contributed by atoms with Gasteiger partial charge in [-0.3, -0.25) is 4.79 Å². The first-order chi connectivity index (χ1) is 8.76. The van der Waals surface area contributed by atoms with Gasteiger partial charge < -0.3 is 5.73 Å². The first-order valence-electron chi connectivity index (χ1n) is 6.54. The number of sulfone groups is 1. The van der Waals surface area contributed by atoms with Gasteiger partial charge in [0.1, 0.15) is 9.84 Å². The molecular formula is C12H23N3O3S. The molecule has 0 radical (unpaired) electrons. The van der Waals surface area contributed by atoms with Crippen molar-refractivity contribution in [2.75, 3.05) is 25.1 Å². The topological polar surface area (TPSA) is 92.8 Å². The van der Waals surface area contributed by atoms with Crippen molar-refractivity contribution in [1.82, 2.24) is 5.01 Å². The van der Waals surface area contributed by atoms with E-state index in [9.17, 15) is 13.2 Å². The Balaban J connectivity index is 2.77. The molecule has 0 fully saturated rings. The van der Waals surface area contributed by atoms with Crippen LogP contribution in [-0.4, -0.2) is 50.1 Å². The molecule has 0 aromatic carbocycles. The molecule has 0 saturated carbocycles. The van der Waals surface area contributed by atoms with Crippen LogP contribution in [0, 0.1) is 11.8 Å². The van der Waals surface area contributed by atoms with Crippen molar-refractivity contribution in [2.45, 2.75) is 26.7 Å². The van der Waals surface area contributed by atoms with E-state index in [1.54, 1.807) is 0 Å². The zero-order valence-corrected chi connectivity index (χ0v) is 12.6. The number of nitrogens with two attached hydrogens (primary N) is 1. The van der Waals surface area contributed by atoms with Crippen molar-refractivity contribution in [3.8, 4) is 0 Å². The van der Waals surface area contributed by atoms with E-state index in [2.05, 4.69) is 5.10 Å². The first kappa shape index (κ1) is 16.1. The maximum atomic E-state index is 12.2. The van der Waals surface area contributed by atoms with E-state index in [-0.39, 0.29) is 30.0 Å². The van der Waals surface area contributed by atoms with Crippen molar-refractivity contribution in [3.05, 3.63) is 0 Å². The van der Waals surface area contributed by atoms with Gasteiger partial charge in [0.25, 0.3) is 5.91 Å². The fourth-order valence-electron chi connectivity index (χ4n) is 2.09. The molecule has 110 valence electrons. The van der Waals surface area contributed by atoms with Crippen molar-refractivity contribution in [3.63, 3.8) is 0 Å². The highest BCUT2D eigenvalue weighted by Gasteiger charge is 2.36. The van der Waals surface area contributed by atoms with Crippen LogP contribution in [0.1, 0.15) is 26.7 Å². The number of amides is 1. The summed E-state index contributed by atoms with van der Waals surface area (Å²) in [6.45, 7) is 4.65. The molecule has 1 atom stereocenters. The minimum Gasteiger partial charge on any atom is -0.330 e. The molecule has 6 nitrogen and oxygen atoms in total. The molecule has 1 amide bonds. The molecule has 0 saturated heterocycles. The van der Waals surface area contributed by atoms with Gasteiger partial charge in [0, 0.05) is 6.26 Å². The molecular weight excluding hydrogens is 266 g/mol. The summed E-state index contributed by atoms with van der Waals surface area (Å²) in [4.78, 5) is 12.2. The summed E-state index contributed by atoms with van der Waals surface area (Å²) in [6, 6.07) is 0. The van der Waals surface area contributed by atoms with Crippen molar-refractivity contribution < 1.29 is 13.2 Å². The van der Waals surface area contributed by atoms with Gasteiger partial charge >= 0.3 is 0 Å². The number of hydrogen-bond acceptors (Lipinski definition) is 5. The van der Waals surface area contributed by atoms with E-state index in [1.165, 1.54) is 5.01 Å². The second-order valence-corrected chi connectivity index (χ2v) is 7.51. The molecule has 1 unspecified atom stereocenters. The Morgan fingerprint density at radius 3 is 2.53 bits per heavy atom. The van der Waals surface area contributed by atoms with Gasteiger partial charge in [-0.25, -0.2) is 13.4 Å². The quantitative estimate of drug-likeness (QED) is 0.726. The summed E-state index contributed by atoms with van der Waals surface area (Å²) in [7, 11) is -3.09. The van der Waals surface area contributed by atoms with Crippen LogP contribution in [0.15, 0.2) is 5.10 Å². The van der Waals surface area contributed by atoms with Gasteiger partial charge in [0.2, 0.25) is 0 Å². The predicted octanol–water partition coefficient (Wildman–Crippen LogP) is 0.240. The lowest BCUT2D eigenvalue weighted by Crippen LogP contribution is -2.32. The predicted molar refractivity (Wildman–Crippen MR) is 75.5 cm³/mol. The normalized spacial score (nSPS) is 20.3. The molecule has 19 heavy (non-hydrogen) atoms. The lowest BCUT2D eigenvalue weighted by atomic mass is 9.90. The summed E-state index contributed by atoms with van der Waals surface area (Å²) in [6.07, 6.45) is 2.61. The Morgan fingerprint density at radius 1 is 1.42 bits per heavy atom. The van der Waals surface area contributed by atoms with Crippen LogP contribution in [0.4, 0.5) is 0 Å². The second-order valence-electron chi connectivity index (χ2n) is 5.25. The molecule has 0 aliphatic carbocycles. The molecule has 7 heteroatoms. The average Bonchev–Trinajstić information content (AvgIpc) is 2.60. The van der Waals surface area contributed by atoms with Gasteiger partial charge in [0.15, 0.2) is 0 Å². The van der Waals surface area contributed by atoms with Crippen LogP contribution in [-0.2, 0) is 14.6 Å². The van der Waals surface area contributed by atoms with Crippen LogP contribution in [0.5, 0.6) is 0 Å². The number of hydrazone groups is 1. The van der Waals surface area contributed by atoms with E-state index in [1.807, 2.05) is 13.8 Å². The van der Waals surface area contributed by atoms with Gasteiger partial charge in [-0.05, 0) is 25.3 Å². The van der Waals surface area contributed by atoms with Crippen LogP contribution >= 0.6 is 0 Å². The summed E-state index contributed by atoms with van der Waals surface area (Å²) >= 11 is 0. The molecule has 1 heterocycles. The minimum atomic E-state index is -3.09. The van der Waals surface area contributed by atoms with Crippen molar-refractivity contribution in [2.24, 2.45) is 22.7 Å². The van der Waals surface area contributed by atoms with Gasteiger partial charge in [0.05, 0.1) is 23.9 Å². The van der Waals surface area contributed by atoms with Gasteiger partial charge in [-0.2, -0.15) is 5.10 Å². The summed E-state index contributed by atoms with van der Waals surface area (Å²) < 4.78 is 22.3. The van der Waals surface area contributed by atoms with Gasteiger partial charge in [-0.1, -0.05) is 13.8 Å². The average molecular weight is 289 g/mol. The summed E-state index contributed by atoms with van der Waals surface area (Å²) in [5.74, 6) is -0.212. The second kappa shape index (κ2) is 6.47. The molecule has 2 N–H and O–H groups in total. The van der Waals surface area contributed by atoms with E-state index < -0.39 is 9.84 Å². The van der Waals surface area contributed by atoms with Crippen LogP contribution < -0.4 is 5.73 Å². The van der Waals surface area contributed by atoms with Crippen LogP contribution in [0.2, 0.25) is 0 Å². The Hall–Kier alpha value is -0.950. The van der Waals surface area contributed by atoms with Crippen molar-refractivity contribution >= 4 is 21.5 Å². The number of hydrogen-bond donors (Lipinski definition) is 1. The maximum absolute atomic E-state index is 12.2. The smallest absolute Gasteiger partial charge is 0.251 e. The van der Waals surface area contributed by atoms with E-state index >= 15 is 0 Å². The molecule has 0 spiro atoms. The highest BCUT2D eigenvalue weighted by molar-refractivity contribution is 7.90. The largest absolute Gasteiger partial charge is 0.330 e. The summed E-state index contributed by atoms with van der Waals surface area (Å²) in [5, 5.41) is 5.60. The number of rotatable bonds is 7. The Bertz CT molecular complexity index is 457. The fourth-order valence-corrected chi connectivity index (χ4v) is 2.59. The van der Waals surface area contributed by atoms with Gasteiger partial charge in [-0.15, -0.1) is 0 Å². The molecule has 1 aliphatic rings. The monoisotopic (exact) mass is 289 g/mol. The number of nitrogens with zero attached hydrogens (tertiary/aromatic N) is 2. The maximum Gasteiger partial charge on any atom is 0.251 e. The Kier molecular flexibility index (Phi) is 5.49. The molecule has 1 rings (SSSR count). The highest BCUT2D eigenvalue weighted by Crippen LogP contribution is 2.24. The third kappa shape index (κ3) is 4.58. The standard InChI is InChI=1S/C12H23N3O3S/c1-9(2)11-10(5-4-6-13)12(16)15(14-11)7-8-19(3,17)18/h9-10H,4-8,13H2,1-3H3. The Labute approximate surface area is 114 Å².